The van der Waals surface area contributed by atoms with E-state index >= 15 is 0 Å². The van der Waals surface area contributed by atoms with Crippen LogP contribution < -0.4 is 4.74 Å². The lowest BCUT2D eigenvalue weighted by atomic mass is 9.93. The van der Waals surface area contributed by atoms with Gasteiger partial charge in [0.1, 0.15) is 5.75 Å². The third-order valence-electron chi connectivity index (χ3n) is 3.14. The highest BCUT2D eigenvalue weighted by Crippen LogP contribution is 2.23. The van der Waals surface area contributed by atoms with Gasteiger partial charge < -0.3 is 4.74 Å². The molecule has 2 rings (SSSR count). The van der Waals surface area contributed by atoms with Crippen LogP contribution in [-0.2, 0) is 0 Å². The number of nitrogens with zero attached hydrogens (tertiary/aromatic N) is 1. The van der Waals surface area contributed by atoms with E-state index in [1.54, 1.807) is 24.5 Å². The second-order valence-electron chi connectivity index (χ2n) is 4.57. The lowest BCUT2D eigenvalue weighted by Crippen LogP contribution is -2.02. The van der Waals surface area contributed by atoms with Crippen molar-refractivity contribution >= 4 is 5.78 Å². The summed E-state index contributed by atoms with van der Waals surface area (Å²) in [6.07, 6.45) is 10.8. The topological polar surface area (TPSA) is 39.2 Å². The second-order valence-corrected chi connectivity index (χ2v) is 4.57. The van der Waals surface area contributed by atoms with Crippen LogP contribution in [0.5, 0.6) is 5.75 Å². The first kappa shape index (κ1) is 12.8. The Hall–Kier alpha value is -1.64. The molecule has 1 heterocycles. The smallest absolute Gasteiger partial charge is 0.187 e. The standard InChI is InChI=1S/C15H19NO2/c1-2-18-14-9-13(10-16-11-14)15(17)8-12-6-4-3-5-7-12/h8-11H,2-7H2,1H3. The fourth-order valence-electron chi connectivity index (χ4n) is 2.22. The normalized spacial score (nSPS) is 15.3. The molecule has 18 heavy (non-hydrogen) atoms. The molecule has 0 spiro atoms. The Morgan fingerprint density at radius 3 is 2.83 bits per heavy atom. The predicted octanol–water partition coefficient (Wildman–Crippen LogP) is 3.55. The molecular formula is C15H19NO2. The van der Waals surface area contributed by atoms with Gasteiger partial charge in [-0.25, -0.2) is 0 Å². The van der Waals surface area contributed by atoms with Gasteiger partial charge in [-0.15, -0.1) is 0 Å². The SMILES string of the molecule is CCOc1cncc(C(=O)C=C2CCCCC2)c1. The Morgan fingerprint density at radius 2 is 2.11 bits per heavy atom. The van der Waals surface area contributed by atoms with Crippen LogP contribution in [0.15, 0.2) is 30.1 Å². The molecule has 0 bridgehead atoms. The maximum absolute atomic E-state index is 12.1. The van der Waals surface area contributed by atoms with Gasteiger partial charge in [-0.05, 0) is 44.7 Å². The number of hydrogen-bond donors (Lipinski definition) is 0. The zero-order chi connectivity index (χ0) is 12.8. The van der Waals surface area contributed by atoms with Crippen molar-refractivity contribution in [3.05, 3.63) is 35.7 Å². The summed E-state index contributed by atoms with van der Waals surface area (Å²) in [6.45, 7) is 2.50. The lowest BCUT2D eigenvalue weighted by molar-refractivity contribution is 0.104. The number of ketones is 1. The number of hydrogen-bond acceptors (Lipinski definition) is 3. The van der Waals surface area contributed by atoms with Crippen LogP contribution in [0.2, 0.25) is 0 Å². The number of rotatable bonds is 4. The van der Waals surface area contributed by atoms with Gasteiger partial charge in [-0.2, -0.15) is 0 Å². The van der Waals surface area contributed by atoms with E-state index in [1.807, 2.05) is 6.92 Å². The minimum Gasteiger partial charge on any atom is -0.492 e. The zero-order valence-electron chi connectivity index (χ0n) is 10.8. The molecule has 1 aromatic rings. The lowest BCUT2D eigenvalue weighted by Gasteiger charge is -2.12. The van der Waals surface area contributed by atoms with E-state index in [1.165, 1.54) is 24.8 Å². The quantitative estimate of drug-likeness (QED) is 0.601. The van der Waals surface area contributed by atoms with E-state index in [0.717, 1.165) is 12.8 Å². The van der Waals surface area contributed by atoms with E-state index in [2.05, 4.69) is 4.98 Å². The highest BCUT2D eigenvalue weighted by Gasteiger charge is 2.10. The molecule has 1 fully saturated rings. The average Bonchev–Trinajstić information content (AvgIpc) is 2.40. The number of ether oxygens (including phenoxy) is 1. The van der Waals surface area contributed by atoms with Crippen LogP contribution in [0.4, 0.5) is 0 Å². The Labute approximate surface area is 108 Å². The predicted molar refractivity (Wildman–Crippen MR) is 70.9 cm³/mol. The third-order valence-corrected chi connectivity index (χ3v) is 3.14. The summed E-state index contributed by atoms with van der Waals surface area (Å²) in [6, 6.07) is 1.76. The first-order valence-electron chi connectivity index (χ1n) is 6.61. The number of pyridine rings is 1. The Kier molecular flexibility index (Phi) is 4.51. The highest BCUT2D eigenvalue weighted by molar-refractivity contribution is 6.04. The van der Waals surface area contributed by atoms with Crippen molar-refractivity contribution in [2.24, 2.45) is 0 Å². The van der Waals surface area contributed by atoms with E-state index in [9.17, 15) is 4.79 Å². The molecular weight excluding hydrogens is 226 g/mol. The van der Waals surface area contributed by atoms with Crippen LogP contribution in [0.25, 0.3) is 0 Å². The number of aromatic nitrogens is 1. The first-order chi connectivity index (χ1) is 8.79. The molecule has 0 amide bonds. The fraction of sp³-hybridized carbons (Fsp3) is 0.467. The van der Waals surface area contributed by atoms with Crippen molar-refractivity contribution in [2.75, 3.05) is 6.61 Å². The van der Waals surface area contributed by atoms with Gasteiger partial charge in [0.05, 0.1) is 12.8 Å². The van der Waals surface area contributed by atoms with E-state index in [-0.39, 0.29) is 5.78 Å². The molecule has 3 nitrogen and oxygen atoms in total. The van der Waals surface area contributed by atoms with E-state index < -0.39 is 0 Å². The fourth-order valence-corrected chi connectivity index (χ4v) is 2.22. The third kappa shape index (κ3) is 3.42. The summed E-state index contributed by atoms with van der Waals surface area (Å²) in [7, 11) is 0. The molecule has 0 aromatic carbocycles. The molecule has 96 valence electrons. The van der Waals surface area contributed by atoms with Crippen LogP contribution in [-0.4, -0.2) is 17.4 Å². The highest BCUT2D eigenvalue weighted by atomic mass is 16.5. The largest absolute Gasteiger partial charge is 0.492 e. The van der Waals surface area contributed by atoms with Crippen molar-refractivity contribution in [3.63, 3.8) is 0 Å². The monoisotopic (exact) mass is 245 g/mol. The number of carbonyl (C=O) groups excluding carboxylic acids is 1. The van der Waals surface area contributed by atoms with E-state index in [0.29, 0.717) is 17.9 Å². The minimum atomic E-state index is 0.0425. The summed E-state index contributed by atoms with van der Waals surface area (Å²) < 4.78 is 5.35. The molecule has 1 aliphatic carbocycles. The maximum atomic E-state index is 12.1. The van der Waals surface area contributed by atoms with Gasteiger partial charge in [0.2, 0.25) is 0 Å². The summed E-state index contributed by atoms with van der Waals surface area (Å²) in [5, 5.41) is 0. The summed E-state index contributed by atoms with van der Waals surface area (Å²) >= 11 is 0. The maximum Gasteiger partial charge on any atom is 0.187 e. The summed E-state index contributed by atoms with van der Waals surface area (Å²) in [4.78, 5) is 16.1. The van der Waals surface area contributed by atoms with Gasteiger partial charge in [0.25, 0.3) is 0 Å². The first-order valence-corrected chi connectivity index (χ1v) is 6.61. The van der Waals surface area contributed by atoms with Crippen molar-refractivity contribution in [2.45, 2.75) is 39.0 Å². The summed E-state index contributed by atoms with van der Waals surface area (Å²) in [5.41, 5.74) is 1.88. The van der Waals surface area contributed by atoms with Gasteiger partial charge in [-0.1, -0.05) is 12.0 Å². The van der Waals surface area contributed by atoms with Crippen molar-refractivity contribution in [1.82, 2.24) is 4.98 Å². The van der Waals surface area contributed by atoms with Crippen molar-refractivity contribution < 1.29 is 9.53 Å². The van der Waals surface area contributed by atoms with Crippen molar-refractivity contribution in [3.8, 4) is 5.75 Å². The molecule has 1 aliphatic rings. The minimum absolute atomic E-state index is 0.0425. The zero-order valence-corrected chi connectivity index (χ0v) is 10.8. The van der Waals surface area contributed by atoms with Gasteiger partial charge in [0, 0.05) is 11.8 Å². The molecule has 0 unspecified atom stereocenters. The molecule has 0 radical (unpaired) electrons. The molecule has 0 atom stereocenters. The van der Waals surface area contributed by atoms with Crippen LogP contribution >= 0.6 is 0 Å². The second kappa shape index (κ2) is 6.34. The molecule has 1 saturated carbocycles. The van der Waals surface area contributed by atoms with Gasteiger partial charge >= 0.3 is 0 Å². The molecule has 3 heteroatoms. The van der Waals surface area contributed by atoms with Crippen LogP contribution in [0.1, 0.15) is 49.4 Å². The van der Waals surface area contributed by atoms with Gasteiger partial charge in [-0.3, -0.25) is 9.78 Å². The Bertz CT molecular complexity index is 444. The summed E-state index contributed by atoms with van der Waals surface area (Å²) in [5.74, 6) is 0.700. The molecule has 0 N–H and O–H groups in total. The molecule has 0 saturated heterocycles. The number of carbonyl (C=O) groups is 1. The van der Waals surface area contributed by atoms with Crippen LogP contribution in [0, 0.1) is 0 Å². The van der Waals surface area contributed by atoms with Crippen molar-refractivity contribution in [1.29, 1.82) is 0 Å². The average molecular weight is 245 g/mol. The number of allylic oxidation sites excluding steroid dienone is 2. The Morgan fingerprint density at radius 1 is 1.33 bits per heavy atom. The van der Waals surface area contributed by atoms with Gasteiger partial charge in [0.15, 0.2) is 5.78 Å². The van der Waals surface area contributed by atoms with Crippen LogP contribution in [0.3, 0.4) is 0 Å². The Balaban J connectivity index is 2.10. The molecule has 1 aromatic heterocycles. The molecule has 0 aliphatic heterocycles. The van der Waals surface area contributed by atoms with E-state index in [4.69, 9.17) is 4.74 Å².